The van der Waals surface area contributed by atoms with Gasteiger partial charge in [0.1, 0.15) is 4.90 Å². The number of rotatable bonds is 4. The van der Waals surface area contributed by atoms with Crippen LogP contribution in [0.4, 0.5) is 5.69 Å². The Morgan fingerprint density at radius 2 is 2.12 bits per heavy atom. The van der Waals surface area contributed by atoms with Crippen LogP contribution in [-0.2, 0) is 14.8 Å². The van der Waals surface area contributed by atoms with Crippen LogP contribution in [0.15, 0.2) is 27.6 Å². The molecule has 0 fully saturated rings. The Balaban J connectivity index is 2.94. The largest absolute Gasteiger partial charge is 0.398 e. The highest BCUT2D eigenvalue weighted by Crippen LogP contribution is 2.22. The number of benzene rings is 1. The van der Waals surface area contributed by atoms with Gasteiger partial charge in [-0.1, -0.05) is 15.9 Å². The van der Waals surface area contributed by atoms with Crippen LogP contribution < -0.4 is 15.8 Å². The number of likely N-dealkylation sites (N-methyl/N-ethyl adjacent to an activating group) is 1. The number of carbonyl (C=O) groups excluding carboxylic acids is 1. The molecule has 6 nitrogen and oxygen atoms in total. The van der Waals surface area contributed by atoms with Crippen LogP contribution in [0.3, 0.4) is 0 Å². The van der Waals surface area contributed by atoms with Gasteiger partial charge in [-0.15, -0.1) is 0 Å². The van der Waals surface area contributed by atoms with Gasteiger partial charge in [0.15, 0.2) is 0 Å². The van der Waals surface area contributed by atoms with Gasteiger partial charge < -0.3 is 11.1 Å². The van der Waals surface area contributed by atoms with Crippen molar-refractivity contribution < 1.29 is 13.2 Å². The van der Waals surface area contributed by atoms with Gasteiger partial charge >= 0.3 is 0 Å². The number of nitrogens with one attached hydrogen (secondary N) is 2. The predicted molar refractivity (Wildman–Crippen MR) is 67.8 cm³/mol. The Morgan fingerprint density at radius 1 is 1.47 bits per heavy atom. The van der Waals surface area contributed by atoms with Gasteiger partial charge in [0.05, 0.1) is 12.2 Å². The van der Waals surface area contributed by atoms with Gasteiger partial charge in [-0.2, -0.15) is 0 Å². The molecular formula is C9H12BrN3O3S. The minimum Gasteiger partial charge on any atom is -0.398 e. The SMILES string of the molecule is CNC(=O)CNS(=O)(=O)c1ccc(Br)cc1N. The smallest absolute Gasteiger partial charge is 0.243 e. The van der Waals surface area contributed by atoms with Gasteiger partial charge in [-0.3, -0.25) is 4.79 Å². The fourth-order valence-electron chi connectivity index (χ4n) is 1.09. The van der Waals surface area contributed by atoms with E-state index in [0.29, 0.717) is 4.47 Å². The number of hydrogen-bond donors (Lipinski definition) is 3. The fraction of sp³-hybridized carbons (Fsp3) is 0.222. The van der Waals surface area contributed by atoms with Crippen molar-refractivity contribution in [2.24, 2.45) is 0 Å². The zero-order valence-corrected chi connectivity index (χ0v) is 11.4. The summed E-state index contributed by atoms with van der Waals surface area (Å²) in [5.41, 5.74) is 5.71. The number of anilines is 1. The van der Waals surface area contributed by atoms with Crippen molar-refractivity contribution >= 4 is 37.5 Å². The molecular weight excluding hydrogens is 310 g/mol. The van der Waals surface area contributed by atoms with E-state index >= 15 is 0 Å². The molecule has 0 bridgehead atoms. The third-order valence-electron chi connectivity index (χ3n) is 1.96. The summed E-state index contributed by atoms with van der Waals surface area (Å²) in [6.07, 6.45) is 0. The van der Waals surface area contributed by atoms with E-state index in [1.54, 1.807) is 6.07 Å². The Bertz CT molecular complexity index is 530. The molecule has 0 atom stereocenters. The molecule has 0 aliphatic carbocycles. The average Bonchev–Trinajstić information content (AvgIpc) is 2.25. The van der Waals surface area contributed by atoms with E-state index in [0.717, 1.165) is 0 Å². The van der Waals surface area contributed by atoms with Crippen molar-refractivity contribution in [1.82, 2.24) is 10.0 Å². The predicted octanol–water partition coefficient (Wildman–Crippen LogP) is 0.0556. The second-order valence-electron chi connectivity index (χ2n) is 3.18. The summed E-state index contributed by atoms with van der Waals surface area (Å²) in [5, 5.41) is 2.31. The van der Waals surface area contributed by atoms with E-state index in [-0.39, 0.29) is 17.1 Å². The van der Waals surface area contributed by atoms with Crippen molar-refractivity contribution in [3.05, 3.63) is 22.7 Å². The fourth-order valence-corrected chi connectivity index (χ4v) is 2.56. The maximum atomic E-state index is 11.8. The van der Waals surface area contributed by atoms with Gasteiger partial charge in [0, 0.05) is 11.5 Å². The highest BCUT2D eigenvalue weighted by atomic mass is 79.9. The normalized spacial score (nSPS) is 11.2. The van der Waals surface area contributed by atoms with E-state index in [1.165, 1.54) is 19.2 Å². The number of sulfonamides is 1. The quantitative estimate of drug-likeness (QED) is 0.682. The maximum absolute atomic E-state index is 11.8. The molecule has 0 heterocycles. The van der Waals surface area contributed by atoms with Crippen LogP contribution in [0.25, 0.3) is 0 Å². The van der Waals surface area contributed by atoms with E-state index in [9.17, 15) is 13.2 Å². The standard InChI is InChI=1S/C9H12BrN3O3S/c1-12-9(14)5-13-17(15,16)8-3-2-6(10)4-7(8)11/h2-4,13H,5,11H2,1H3,(H,12,14). The molecule has 1 amide bonds. The van der Waals surface area contributed by atoms with Gasteiger partial charge in [0.2, 0.25) is 15.9 Å². The molecule has 8 heteroatoms. The number of halogens is 1. The van der Waals surface area contributed by atoms with Crippen LogP contribution >= 0.6 is 15.9 Å². The Morgan fingerprint density at radius 3 is 2.65 bits per heavy atom. The Labute approximate surface area is 108 Å². The van der Waals surface area contributed by atoms with Crippen LogP contribution in [0.2, 0.25) is 0 Å². The van der Waals surface area contributed by atoms with Gasteiger partial charge in [-0.25, -0.2) is 13.1 Å². The molecule has 1 aromatic carbocycles. The number of carbonyl (C=O) groups is 1. The number of amides is 1. The molecule has 4 N–H and O–H groups in total. The highest BCUT2D eigenvalue weighted by molar-refractivity contribution is 9.10. The zero-order chi connectivity index (χ0) is 13.1. The minimum atomic E-state index is -3.77. The number of nitrogens with two attached hydrogens (primary N) is 1. The van der Waals surface area contributed by atoms with E-state index in [1.807, 2.05) is 0 Å². The summed E-state index contributed by atoms with van der Waals surface area (Å²) in [6, 6.07) is 4.41. The molecule has 0 radical (unpaired) electrons. The first-order valence-electron chi connectivity index (χ1n) is 4.62. The summed E-state index contributed by atoms with van der Waals surface area (Å²) in [6.45, 7) is -0.325. The summed E-state index contributed by atoms with van der Waals surface area (Å²) in [7, 11) is -2.35. The summed E-state index contributed by atoms with van der Waals surface area (Å²) >= 11 is 3.18. The molecule has 17 heavy (non-hydrogen) atoms. The monoisotopic (exact) mass is 321 g/mol. The summed E-state index contributed by atoms with van der Waals surface area (Å²) in [5.74, 6) is -0.427. The van der Waals surface area contributed by atoms with Crippen molar-refractivity contribution in [2.75, 3.05) is 19.3 Å². The molecule has 94 valence electrons. The molecule has 0 aliphatic rings. The molecule has 0 spiro atoms. The average molecular weight is 322 g/mol. The Kier molecular flexibility index (Phi) is 4.49. The lowest BCUT2D eigenvalue weighted by molar-refractivity contribution is -0.119. The van der Waals surface area contributed by atoms with E-state index < -0.39 is 15.9 Å². The third kappa shape index (κ3) is 3.69. The molecule has 0 aromatic heterocycles. The lowest BCUT2D eigenvalue weighted by Crippen LogP contribution is -2.35. The van der Waals surface area contributed by atoms with Crippen molar-refractivity contribution in [3.63, 3.8) is 0 Å². The summed E-state index contributed by atoms with van der Waals surface area (Å²) in [4.78, 5) is 10.9. The Hall–Kier alpha value is -1.12. The number of hydrogen-bond acceptors (Lipinski definition) is 4. The lowest BCUT2D eigenvalue weighted by Gasteiger charge is -2.08. The first kappa shape index (κ1) is 13.9. The molecule has 0 unspecified atom stereocenters. The summed E-state index contributed by atoms with van der Waals surface area (Å²) < 4.78 is 26.4. The third-order valence-corrected chi connectivity index (χ3v) is 3.93. The molecule has 0 aliphatic heterocycles. The van der Waals surface area contributed by atoms with E-state index in [4.69, 9.17) is 5.73 Å². The van der Waals surface area contributed by atoms with Crippen LogP contribution in [0.5, 0.6) is 0 Å². The maximum Gasteiger partial charge on any atom is 0.243 e. The number of nitrogen functional groups attached to an aromatic ring is 1. The van der Waals surface area contributed by atoms with Crippen molar-refractivity contribution in [3.8, 4) is 0 Å². The van der Waals surface area contributed by atoms with Gasteiger partial charge in [-0.05, 0) is 18.2 Å². The molecule has 1 rings (SSSR count). The first-order chi connectivity index (χ1) is 7.86. The van der Waals surface area contributed by atoms with Crippen LogP contribution in [-0.4, -0.2) is 27.9 Å². The lowest BCUT2D eigenvalue weighted by atomic mass is 10.3. The molecule has 1 aromatic rings. The van der Waals surface area contributed by atoms with Crippen molar-refractivity contribution in [2.45, 2.75) is 4.90 Å². The molecule has 0 saturated carbocycles. The van der Waals surface area contributed by atoms with Gasteiger partial charge in [0.25, 0.3) is 0 Å². The van der Waals surface area contributed by atoms with Crippen LogP contribution in [0.1, 0.15) is 0 Å². The zero-order valence-electron chi connectivity index (χ0n) is 9.03. The first-order valence-corrected chi connectivity index (χ1v) is 6.89. The highest BCUT2D eigenvalue weighted by Gasteiger charge is 2.18. The second-order valence-corrected chi connectivity index (χ2v) is 5.83. The van der Waals surface area contributed by atoms with E-state index in [2.05, 4.69) is 26.0 Å². The molecule has 0 saturated heterocycles. The van der Waals surface area contributed by atoms with Crippen molar-refractivity contribution in [1.29, 1.82) is 0 Å². The second kappa shape index (κ2) is 5.48. The van der Waals surface area contributed by atoms with Crippen LogP contribution in [0, 0.1) is 0 Å². The minimum absolute atomic E-state index is 0.0513. The topological polar surface area (TPSA) is 101 Å².